The quantitative estimate of drug-likeness (QED) is 0.137. The van der Waals surface area contributed by atoms with Crippen molar-refractivity contribution in [2.75, 3.05) is 26.3 Å². The molecule has 208 valence electrons. The van der Waals surface area contributed by atoms with Gasteiger partial charge in [0, 0.05) is 17.9 Å². The van der Waals surface area contributed by atoms with Gasteiger partial charge < -0.3 is 24.4 Å². The second kappa shape index (κ2) is 12.9. The number of hydrogen-bond donors (Lipinski definition) is 1. The molecule has 3 saturated heterocycles. The summed E-state index contributed by atoms with van der Waals surface area (Å²) in [6.45, 7) is 14.4. The van der Waals surface area contributed by atoms with Crippen LogP contribution in [0.3, 0.4) is 0 Å². The largest absolute Gasteiger partial charge is 0.465 e. The molecule has 1 N–H and O–H groups in total. The van der Waals surface area contributed by atoms with Crippen LogP contribution in [0.1, 0.15) is 59.3 Å². The van der Waals surface area contributed by atoms with Gasteiger partial charge in [-0.25, -0.2) is 0 Å². The van der Waals surface area contributed by atoms with Crippen LogP contribution in [0.4, 0.5) is 0 Å². The molecule has 0 aromatic rings. The van der Waals surface area contributed by atoms with E-state index in [1.54, 1.807) is 22.0 Å². The van der Waals surface area contributed by atoms with Crippen molar-refractivity contribution in [1.29, 1.82) is 0 Å². The monoisotopic (exact) mass is 582 g/mol. The summed E-state index contributed by atoms with van der Waals surface area (Å²) in [4.78, 5) is 44.9. The van der Waals surface area contributed by atoms with E-state index in [0.29, 0.717) is 25.9 Å². The van der Waals surface area contributed by atoms with E-state index in [9.17, 15) is 19.5 Å². The molecule has 3 fully saturated rings. The number of nitrogens with zero attached hydrogens (tertiary/aromatic N) is 2. The zero-order chi connectivity index (χ0) is 27.3. The van der Waals surface area contributed by atoms with Crippen molar-refractivity contribution in [3.8, 4) is 0 Å². The third-order valence-electron chi connectivity index (χ3n) is 8.34. The van der Waals surface area contributed by atoms with E-state index in [4.69, 9.17) is 9.47 Å². The minimum atomic E-state index is -1.17. The van der Waals surface area contributed by atoms with Crippen LogP contribution in [-0.2, 0) is 23.9 Å². The van der Waals surface area contributed by atoms with Crippen molar-refractivity contribution in [3.63, 3.8) is 0 Å². The van der Waals surface area contributed by atoms with Crippen molar-refractivity contribution < 1.29 is 29.0 Å². The van der Waals surface area contributed by atoms with Crippen molar-refractivity contribution in [2.24, 2.45) is 17.8 Å². The molecular weight excluding hydrogens is 540 g/mol. The minimum Gasteiger partial charge on any atom is -0.465 e. The van der Waals surface area contributed by atoms with Crippen LogP contribution in [0.2, 0.25) is 0 Å². The number of halogens is 1. The van der Waals surface area contributed by atoms with Crippen LogP contribution in [0, 0.1) is 17.8 Å². The molecule has 1 spiro atoms. The van der Waals surface area contributed by atoms with E-state index in [1.807, 2.05) is 13.8 Å². The second-order valence-electron chi connectivity index (χ2n) is 10.6. The third-order valence-corrected chi connectivity index (χ3v) is 9.18. The molecule has 9 heteroatoms. The highest BCUT2D eigenvalue weighted by Crippen LogP contribution is 2.61. The number of aliphatic hydroxyl groups excluding tert-OH is 1. The predicted molar refractivity (Wildman–Crippen MR) is 145 cm³/mol. The van der Waals surface area contributed by atoms with Gasteiger partial charge in [0.05, 0.1) is 37.2 Å². The lowest BCUT2D eigenvalue weighted by Crippen LogP contribution is -2.60. The Morgan fingerprint density at radius 1 is 1.32 bits per heavy atom. The van der Waals surface area contributed by atoms with Gasteiger partial charge in [-0.3, -0.25) is 14.4 Å². The first kappa shape index (κ1) is 29.8. The first-order chi connectivity index (χ1) is 17.7. The van der Waals surface area contributed by atoms with Gasteiger partial charge in [0.2, 0.25) is 11.8 Å². The summed E-state index contributed by atoms with van der Waals surface area (Å²) in [5.74, 6) is -2.72. The maximum Gasteiger partial charge on any atom is 0.312 e. The molecule has 2 bridgehead atoms. The van der Waals surface area contributed by atoms with Crippen molar-refractivity contribution in [1.82, 2.24) is 9.80 Å². The van der Waals surface area contributed by atoms with Gasteiger partial charge in [0.25, 0.3) is 0 Å². The van der Waals surface area contributed by atoms with E-state index >= 15 is 0 Å². The summed E-state index contributed by atoms with van der Waals surface area (Å²) in [6.07, 6.45) is 7.28. The first-order valence-electron chi connectivity index (χ1n) is 13.7. The van der Waals surface area contributed by atoms with Crippen LogP contribution in [0.15, 0.2) is 25.3 Å². The normalized spacial score (nSPS) is 31.6. The number of aliphatic hydroxyl groups is 1. The fourth-order valence-corrected chi connectivity index (χ4v) is 7.24. The first-order valence-corrected chi connectivity index (χ1v) is 14.6. The number of rotatable bonds is 15. The van der Waals surface area contributed by atoms with Crippen LogP contribution in [-0.4, -0.2) is 87.6 Å². The minimum absolute atomic E-state index is 0.0533. The van der Waals surface area contributed by atoms with E-state index in [2.05, 4.69) is 36.0 Å². The lowest BCUT2D eigenvalue weighted by atomic mass is 9.70. The number of fused-ring (bicyclic) bond motifs is 1. The summed E-state index contributed by atoms with van der Waals surface area (Å²) < 4.78 is 12.1. The molecule has 8 nitrogen and oxygen atoms in total. The Balaban J connectivity index is 2.07. The standard InChI is InChI=1S/C28H43BrN2O6/c1-6-10-12-14-30(13-8-3)26(34)24-28-16-19(29)23(37-28)21(27(35)36-15-11-7-2)22(28)25(33)31(24)20(17-32)18(5)9-4/h7-8,18-24,32H,2-3,6,9-17H2,1,4-5H3/t18-,19?,20-,21+,22-,23+,24?,28?/m0/s1. The Morgan fingerprint density at radius 2 is 2.05 bits per heavy atom. The summed E-state index contributed by atoms with van der Waals surface area (Å²) in [7, 11) is 0. The fourth-order valence-electron chi connectivity index (χ4n) is 6.30. The molecular formula is C28H43BrN2O6. The summed E-state index contributed by atoms with van der Waals surface area (Å²) in [5.41, 5.74) is -1.17. The molecule has 2 amide bonds. The summed E-state index contributed by atoms with van der Waals surface area (Å²) >= 11 is 3.68. The summed E-state index contributed by atoms with van der Waals surface area (Å²) in [5, 5.41) is 10.4. The number of carbonyl (C=O) groups is 3. The number of carbonyl (C=O) groups excluding carboxylic acids is 3. The van der Waals surface area contributed by atoms with Gasteiger partial charge in [0.1, 0.15) is 11.6 Å². The molecule has 8 atom stereocenters. The van der Waals surface area contributed by atoms with Crippen molar-refractivity contribution in [2.45, 2.75) is 87.9 Å². The number of hydrogen-bond acceptors (Lipinski definition) is 6. The molecule has 3 heterocycles. The smallest absolute Gasteiger partial charge is 0.312 e. The zero-order valence-electron chi connectivity index (χ0n) is 22.4. The molecule has 0 saturated carbocycles. The molecule has 0 aliphatic carbocycles. The number of esters is 1. The van der Waals surface area contributed by atoms with Crippen LogP contribution < -0.4 is 0 Å². The van der Waals surface area contributed by atoms with Gasteiger partial charge in [-0.05, 0) is 25.2 Å². The maximum absolute atomic E-state index is 14.3. The molecule has 3 aliphatic rings. The Hall–Kier alpha value is -1.71. The molecule has 3 aliphatic heterocycles. The van der Waals surface area contributed by atoms with E-state index in [0.717, 1.165) is 25.7 Å². The molecule has 37 heavy (non-hydrogen) atoms. The lowest BCUT2D eigenvalue weighted by molar-refractivity contribution is -0.157. The Bertz CT molecular complexity index is 868. The van der Waals surface area contributed by atoms with Crippen LogP contribution >= 0.6 is 15.9 Å². The van der Waals surface area contributed by atoms with Gasteiger partial charge in [-0.2, -0.15) is 0 Å². The van der Waals surface area contributed by atoms with E-state index < -0.39 is 41.6 Å². The average molecular weight is 584 g/mol. The molecule has 0 aromatic heterocycles. The summed E-state index contributed by atoms with van der Waals surface area (Å²) in [6, 6.07) is -1.50. The highest BCUT2D eigenvalue weighted by molar-refractivity contribution is 9.09. The van der Waals surface area contributed by atoms with Crippen molar-refractivity contribution >= 4 is 33.7 Å². The molecule has 0 aromatic carbocycles. The highest BCUT2D eigenvalue weighted by atomic mass is 79.9. The Kier molecular flexibility index (Phi) is 10.4. The third kappa shape index (κ3) is 5.41. The van der Waals surface area contributed by atoms with Gasteiger partial charge in [-0.1, -0.05) is 68.1 Å². The number of likely N-dealkylation sites (tertiary alicyclic amines) is 1. The van der Waals surface area contributed by atoms with E-state index in [1.165, 1.54) is 0 Å². The fraction of sp³-hybridized carbons (Fsp3) is 0.750. The molecule has 0 radical (unpaired) electrons. The van der Waals surface area contributed by atoms with Gasteiger partial charge in [-0.15, -0.1) is 13.2 Å². The average Bonchev–Trinajstić information content (AvgIpc) is 3.47. The lowest BCUT2D eigenvalue weighted by Gasteiger charge is -2.41. The van der Waals surface area contributed by atoms with Gasteiger partial charge >= 0.3 is 5.97 Å². The number of unbranched alkanes of at least 4 members (excludes halogenated alkanes) is 2. The van der Waals surface area contributed by atoms with Crippen molar-refractivity contribution in [3.05, 3.63) is 25.3 Å². The molecule has 3 unspecified atom stereocenters. The maximum atomic E-state index is 14.3. The van der Waals surface area contributed by atoms with Crippen LogP contribution in [0.25, 0.3) is 0 Å². The van der Waals surface area contributed by atoms with Crippen LogP contribution in [0.5, 0.6) is 0 Å². The topological polar surface area (TPSA) is 96.4 Å². The zero-order valence-corrected chi connectivity index (χ0v) is 24.0. The Labute approximate surface area is 229 Å². The number of amides is 2. The molecule has 3 rings (SSSR count). The highest BCUT2D eigenvalue weighted by Gasteiger charge is 2.77. The predicted octanol–water partition coefficient (Wildman–Crippen LogP) is 3.47. The second-order valence-corrected chi connectivity index (χ2v) is 11.7. The Morgan fingerprint density at radius 3 is 2.65 bits per heavy atom. The number of alkyl halides is 1. The number of ether oxygens (including phenoxy) is 2. The SMILES string of the molecule is C=CCCOC(=O)[C@H]1[C@@H]2OC3(CC2Br)C(C(=O)N(CC=C)CCCCC)N([C@@H](CO)[C@@H](C)CC)C(=O)[C@H]13. The van der Waals surface area contributed by atoms with Gasteiger partial charge in [0.15, 0.2) is 0 Å². The van der Waals surface area contributed by atoms with E-state index in [-0.39, 0.29) is 35.8 Å².